The quantitative estimate of drug-likeness (QED) is 0.404. The number of nitro groups is 1. The first-order chi connectivity index (χ1) is 11.3. The van der Waals surface area contributed by atoms with Gasteiger partial charge in [0, 0.05) is 13.0 Å². The average Bonchev–Trinajstić information content (AvgIpc) is 2.86. The van der Waals surface area contributed by atoms with Crippen LogP contribution in [0.15, 0.2) is 31.8 Å². The van der Waals surface area contributed by atoms with Gasteiger partial charge in [-0.3, -0.25) is 14.9 Å². The summed E-state index contributed by atoms with van der Waals surface area (Å²) in [4.78, 5) is 42.4. The van der Waals surface area contributed by atoms with Crippen LogP contribution in [0, 0.1) is 24.0 Å². The maximum absolute atomic E-state index is 12.2. The standard InChI is InChI=1S/C15H11N3O6/c1-7-14(23-8(2)16-7)12(19)6-11-15(20)24-13-5-9(18(21)22)3-4-10(13)17-11/h3-5H,6H2,1-2H3. The SMILES string of the molecule is Cc1nc(C)c(C(=O)Cc2nc3ccc([N+](=O)[O-])cc3oc2=O)o1. The van der Waals surface area contributed by atoms with Gasteiger partial charge >= 0.3 is 5.63 Å². The van der Waals surface area contributed by atoms with E-state index in [0.29, 0.717) is 11.6 Å². The van der Waals surface area contributed by atoms with E-state index in [-0.39, 0.29) is 34.7 Å². The molecule has 9 nitrogen and oxygen atoms in total. The summed E-state index contributed by atoms with van der Waals surface area (Å²) in [5.74, 6) is -0.0340. The highest BCUT2D eigenvalue weighted by Gasteiger charge is 2.20. The molecule has 3 aromatic rings. The van der Waals surface area contributed by atoms with Gasteiger partial charge in [-0.1, -0.05) is 0 Å². The second-order valence-corrected chi connectivity index (χ2v) is 5.10. The van der Waals surface area contributed by atoms with E-state index in [1.54, 1.807) is 13.8 Å². The number of nitrogens with zero attached hydrogens (tertiary/aromatic N) is 3. The fourth-order valence-corrected chi connectivity index (χ4v) is 2.27. The van der Waals surface area contributed by atoms with Crippen molar-refractivity contribution < 1.29 is 18.6 Å². The van der Waals surface area contributed by atoms with Crippen molar-refractivity contribution in [2.24, 2.45) is 0 Å². The Morgan fingerprint density at radius 1 is 1.25 bits per heavy atom. The molecule has 3 rings (SSSR count). The Kier molecular flexibility index (Phi) is 3.68. The zero-order valence-corrected chi connectivity index (χ0v) is 12.7. The molecule has 0 saturated heterocycles. The lowest BCUT2D eigenvalue weighted by molar-refractivity contribution is -0.384. The molecule has 0 atom stereocenters. The molecule has 0 amide bonds. The lowest BCUT2D eigenvalue weighted by atomic mass is 10.1. The molecule has 0 unspecified atom stereocenters. The van der Waals surface area contributed by atoms with Gasteiger partial charge < -0.3 is 8.83 Å². The maximum atomic E-state index is 12.2. The Morgan fingerprint density at radius 2 is 2.00 bits per heavy atom. The van der Waals surface area contributed by atoms with E-state index in [2.05, 4.69) is 9.97 Å². The molecule has 122 valence electrons. The van der Waals surface area contributed by atoms with Gasteiger partial charge in [-0.15, -0.1) is 0 Å². The third kappa shape index (κ3) is 2.78. The fraction of sp³-hybridized carbons (Fsp3) is 0.200. The molecule has 1 aromatic carbocycles. The Morgan fingerprint density at radius 3 is 2.62 bits per heavy atom. The molecule has 0 aliphatic rings. The first-order valence-corrected chi connectivity index (χ1v) is 6.90. The number of benzene rings is 1. The summed E-state index contributed by atoms with van der Waals surface area (Å²) in [7, 11) is 0. The molecular formula is C15H11N3O6. The summed E-state index contributed by atoms with van der Waals surface area (Å²) in [6.45, 7) is 3.23. The number of aromatic nitrogens is 2. The number of carbonyl (C=O) groups is 1. The molecular weight excluding hydrogens is 318 g/mol. The lowest BCUT2D eigenvalue weighted by Gasteiger charge is -2.01. The highest BCUT2D eigenvalue weighted by molar-refractivity contribution is 5.95. The summed E-state index contributed by atoms with van der Waals surface area (Å²) in [6.07, 6.45) is -0.315. The molecule has 0 radical (unpaired) electrons. The molecule has 0 N–H and O–H groups in total. The van der Waals surface area contributed by atoms with Gasteiger partial charge in [0.15, 0.2) is 17.2 Å². The predicted octanol–water partition coefficient (Wildman–Crippen LogP) is 2.13. The summed E-state index contributed by atoms with van der Waals surface area (Å²) in [5, 5.41) is 10.7. The van der Waals surface area contributed by atoms with E-state index >= 15 is 0 Å². The maximum Gasteiger partial charge on any atom is 0.358 e. The van der Waals surface area contributed by atoms with Gasteiger partial charge in [-0.05, 0) is 13.0 Å². The van der Waals surface area contributed by atoms with Crippen molar-refractivity contribution in [3.05, 3.63) is 61.8 Å². The van der Waals surface area contributed by atoms with Gasteiger partial charge in [0.2, 0.25) is 5.78 Å². The Balaban J connectivity index is 1.98. The smallest absolute Gasteiger partial charge is 0.358 e. The zero-order valence-electron chi connectivity index (χ0n) is 12.7. The lowest BCUT2D eigenvalue weighted by Crippen LogP contribution is -2.16. The number of rotatable bonds is 4. The van der Waals surface area contributed by atoms with Crippen LogP contribution in [-0.2, 0) is 6.42 Å². The fourth-order valence-electron chi connectivity index (χ4n) is 2.27. The molecule has 9 heteroatoms. The molecule has 0 aliphatic heterocycles. The molecule has 0 aliphatic carbocycles. The number of Topliss-reactive ketones (excluding diaryl/α,β-unsaturated/α-hetero) is 1. The van der Waals surface area contributed by atoms with Crippen LogP contribution in [-0.4, -0.2) is 20.7 Å². The normalized spacial score (nSPS) is 10.9. The van der Waals surface area contributed by atoms with Crippen LogP contribution in [0.2, 0.25) is 0 Å². The van der Waals surface area contributed by atoms with Gasteiger partial charge in [0.1, 0.15) is 11.2 Å². The zero-order chi connectivity index (χ0) is 17.4. The molecule has 0 bridgehead atoms. The van der Waals surface area contributed by atoms with Gasteiger partial charge in [-0.2, -0.15) is 0 Å². The molecule has 2 aromatic heterocycles. The second-order valence-electron chi connectivity index (χ2n) is 5.10. The number of aryl methyl sites for hydroxylation is 2. The van der Waals surface area contributed by atoms with Gasteiger partial charge in [0.25, 0.3) is 5.69 Å². The van der Waals surface area contributed by atoms with Crippen LogP contribution in [0.1, 0.15) is 27.8 Å². The average molecular weight is 329 g/mol. The van der Waals surface area contributed by atoms with Crippen molar-refractivity contribution in [3.63, 3.8) is 0 Å². The van der Waals surface area contributed by atoms with Crippen LogP contribution in [0.25, 0.3) is 11.1 Å². The number of fused-ring (bicyclic) bond motifs is 1. The summed E-state index contributed by atoms with van der Waals surface area (Å²) < 4.78 is 10.3. The van der Waals surface area contributed by atoms with E-state index in [1.165, 1.54) is 12.1 Å². The van der Waals surface area contributed by atoms with Crippen LogP contribution in [0.5, 0.6) is 0 Å². The molecule has 24 heavy (non-hydrogen) atoms. The van der Waals surface area contributed by atoms with Crippen molar-refractivity contribution in [3.8, 4) is 0 Å². The number of nitro benzene ring substituents is 1. The van der Waals surface area contributed by atoms with E-state index in [0.717, 1.165) is 6.07 Å². The van der Waals surface area contributed by atoms with Crippen molar-refractivity contribution >= 4 is 22.6 Å². The number of non-ortho nitro benzene ring substituents is 1. The Bertz CT molecular complexity index is 1030. The van der Waals surface area contributed by atoms with Gasteiger partial charge in [-0.25, -0.2) is 14.8 Å². The highest BCUT2D eigenvalue weighted by atomic mass is 16.6. The minimum Gasteiger partial charge on any atom is -0.438 e. The van der Waals surface area contributed by atoms with E-state index in [4.69, 9.17) is 8.83 Å². The highest BCUT2D eigenvalue weighted by Crippen LogP contribution is 2.19. The van der Waals surface area contributed by atoms with Crippen molar-refractivity contribution in [1.29, 1.82) is 0 Å². The summed E-state index contributed by atoms with van der Waals surface area (Å²) in [6, 6.07) is 3.71. The van der Waals surface area contributed by atoms with E-state index < -0.39 is 16.3 Å². The first-order valence-electron chi connectivity index (χ1n) is 6.90. The molecule has 0 fully saturated rings. The number of hydrogen-bond acceptors (Lipinski definition) is 8. The largest absolute Gasteiger partial charge is 0.438 e. The second kappa shape index (κ2) is 5.69. The van der Waals surface area contributed by atoms with Crippen molar-refractivity contribution in [2.45, 2.75) is 20.3 Å². The number of hydrogen-bond donors (Lipinski definition) is 0. The minimum atomic E-state index is -0.828. The van der Waals surface area contributed by atoms with Crippen molar-refractivity contribution in [2.75, 3.05) is 0 Å². The Hall–Kier alpha value is -3.36. The molecule has 2 heterocycles. The third-order valence-corrected chi connectivity index (χ3v) is 3.33. The number of carbonyl (C=O) groups excluding carboxylic acids is 1. The van der Waals surface area contributed by atoms with E-state index in [9.17, 15) is 19.7 Å². The third-order valence-electron chi connectivity index (χ3n) is 3.33. The van der Waals surface area contributed by atoms with Crippen LogP contribution in [0.4, 0.5) is 5.69 Å². The number of oxazole rings is 1. The molecule has 0 saturated carbocycles. The predicted molar refractivity (Wildman–Crippen MR) is 80.9 cm³/mol. The van der Waals surface area contributed by atoms with Crippen molar-refractivity contribution in [1.82, 2.24) is 9.97 Å². The van der Waals surface area contributed by atoms with Crippen LogP contribution >= 0.6 is 0 Å². The van der Waals surface area contributed by atoms with Crippen LogP contribution < -0.4 is 5.63 Å². The number of ketones is 1. The molecule has 0 spiro atoms. The first kappa shape index (κ1) is 15.5. The monoisotopic (exact) mass is 329 g/mol. The van der Waals surface area contributed by atoms with Gasteiger partial charge in [0.05, 0.1) is 23.1 Å². The minimum absolute atomic E-state index is 0.0166. The van der Waals surface area contributed by atoms with E-state index in [1.807, 2.05) is 0 Å². The van der Waals surface area contributed by atoms with Crippen LogP contribution in [0.3, 0.4) is 0 Å². The summed E-state index contributed by atoms with van der Waals surface area (Å²) >= 11 is 0. The topological polar surface area (TPSA) is 129 Å². The summed E-state index contributed by atoms with van der Waals surface area (Å²) in [5.41, 5.74) is -0.493. The Labute approximate surface area is 134 Å².